The Kier molecular flexibility index (Phi) is 3.42. The van der Waals surface area contributed by atoms with Gasteiger partial charge in [0.2, 0.25) is 0 Å². The normalized spacial score (nSPS) is 34.4. The number of aliphatic hydroxyl groups is 3. The van der Waals surface area contributed by atoms with Crippen LogP contribution >= 0.6 is 0 Å². The Balaban J connectivity index is 2.55. The number of hydrogen-bond donors (Lipinski definition) is 4. The Morgan fingerprint density at radius 2 is 2.32 bits per heavy atom. The predicted molar refractivity (Wildman–Crippen MR) is 65.1 cm³/mol. The highest BCUT2D eigenvalue weighted by Gasteiger charge is 2.54. The zero-order chi connectivity index (χ0) is 14.2. The molecule has 0 aliphatic carbocycles. The first-order valence-electron chi connectivity index (χ1n) is 5.60. The molecule has 4 atom stereocenters. The van der Waals surface area contributed by atoms with Crippen LogP contribution in [0.4, 0.5) is 5.82 Å². The minimum Gasteiger partial charge on any atom is -0.394 e. The van der Waals surface area contributed by atoms with E-state index in [9.17, 15) is 15.0 Å². The molecule has 0 radical (unpaired) electrons. The van der Waals surface area contributed by atoms with E-state index in [1.165, 1.54) is 18.3 Å². The van der Waals surface area contributed by atoms with Gasteiger partial charge in [0.15, 0.2) is 5.72 Å². The Hall–Kier alpha value is -1.74. The molecule has 1 aromatic rings. The van der Waals surface area contributed by atoms with Crippen LogP contribution in [0.25, 0.3) is 0 Å². The number of rotatable bonds is 3. The van der Waals surface area contributed by atoms with Crippen molar-refractivity contribution >= 4 is 5.82 Å². The van der Waals surface area contributed by atoms with Gasteiger partial charge >= 0.3 is 5.69 Å². The van der Waals surface area contributed by atoms with Gasteiger partial charge < -0.3 is 25.8 Å². The second kappa shape index (κ2) is 4.74. The highest BCUT2D eigenvalue weighted by molar-refractivity contribution is 5.24. The molecule has 1 aliphatic heterocycles. The lowest BCUT2D eigenvalue weighted by atomic mass is 10.0. The number of nitrogens with two attached hydrogens (primary N) is 1. The number of nitrogens with zero attached hydrogens (tertiary/aromatic N) is 2. The van der Waals surface area contributed by atoms with Crippen LogP contribution in [0.3, 0.4) is 0 Å². The average molecular weight is 269 g/mol. The van der Waals surface area contributed by atoms with Gasteiger partial charge in [-0.3, -0.25) is 4.57 Å². The Morgan fingerprint density at radius 1 is 1.63 bits per heavy atom. The van der Waals surface area contributed by atoms with Crippen molar-refractivity contribution in [2.45, 2.75) is 24.0 Å². The Bertz CT molecular complexity index is 545. The maximum Gasteiger partial charge on any atom is 0.352 e. The second-order valence-electron chi connectivity index (χ2n) is 4.24. The zero-order valence-corrected chi connectivity index (χ0v) is 10.0. The lowest BCUT2D eigenvalue weighted by Gasteiger charge is -2.30. The lowest BCUT2D eigenvalue weighted by Crippen LogP contribution is -2.49. The van der Waals surface area contributed by atoms with Crippen molar-refractivity contribution in [3.63, 3.8) is 0 Å². The molecule has 0 aromatic carbocycles. The molecule has 5 N–H and O–H groups in total. The standard InChI is InChI=1S/C11H15N3O5/c1-2-11(9(17)8(16)6(5-15)19-11)14-4-3-7(12)13-10(14)18/h2-4,6,8-9,15-17H,1,5H2,(H2,12,13,18)/t6-,8?,9?,11-/m1/s1. The van der Waals surface area contributed by atoms with Crippen molar-refractivity contribution in [1.82, 2.24) is 9.55 Å². The van der Waals surface area contributed by atoms with E-state index in [0.717, 1.165) is 4.57 Å². The zero-order valence-electron chi connectivity index (χ0n) is 10.0. The Morgan fingerprint density at radius 3 is 2.79 bits per heavy atom. The van der Waals surface area contributed by atoms with E-state index < -0.39 is 36.3 Å². The van der Waals surface area contributed by atoms with Gasteiger partial charge in [-0.05, 0) is 12.1 Å². The van der Waals surface area contributed by atoms with Crippen LogP contribution in [0.15, 0.2) is 29.7 Å². The van der Waals surface area contributed by atoms with E-state index >= 15 is 0 Å². The van der Waals surface area contributed by atoms with Gasteiger partial charge in [-0.2, -0.15) is 4.98 Å². The van der Waals surface area contributed by atoms with E-state index in [4.69, 9.17) is 15.6 Å². The minimum atomic E-state index is -1.69. The monoisotopic (exact) mass is 269 g/mol. The maximum atomic E-state index is 11.8. The van der Waals surface area contributed by atoms with Crippen LogP contribution in [0.1, 0.15) is 0 Å². The SMILES string of the molecule is C=C[C@@]1(n2ccc(N)nc2=O)O[C@H](CO)C(O)C1O. The molecule has 2 unspecified atom stereocenters. The summed E-state index contributed by atoms with van der Waals surface area (Å²) in [6.07, 6.45) is -1.40. The number of aromatic nitrogens is 2. The third kappa shape index (κ3) is 1.94. The molecule has 8 heteroatoms. The first-order valence-corrected chi connectivity index (χ1v) is 5.60. The second-order valence-corrected chi connectivity index (χ2v) is 4.24. The molecular formula is C11H15N3O5. The van der Waals surface area contributed by atoms with Gasteiger partial charge in [-0.1, -0.05) is 6.58 Å². The fourth-order valence-corrected chi connectivity index (χ4v) is 2.12. The van der Waals surface area contributed by atoms with Crippen molar-refractivity contribution in [3.05, 3.63) is 35.4 Å². The average Bonchev–Trinajstić information content (AvgIpc) is 2.64. The number of anilines is 1. The van der Waals surface area contributed by atoms with Gasteiger partial charge in [0.25, 0.3) is 0 Å². The van der Waals surface area contributed by atoms with Gasteiger partial charge in [0.05, 0.1) is 6.61 Å². The summed E-state index contributed by atoms with van der Waals surface area (Å²) in [5.41, 5.74) is 2.93. The molecule has 104 valence electrons. The number of aliphatic hydroxyl groups excluding tert-OH is 3. The van der Waals surface area contributed by atoms with Crippen molar-refractivity contribution in [2.75, 3.05) is 12.3 Å². The summed E-state index contributed by atoms with van der Waals surface area (Å²) in [5.74, 6) is 0.0206. The molecule has 1 aliphatic rings. The van der Waals surface area contributed by atoms with Crippen LogP contribution in [-0.4, -0.2) is 49.8 Å². The predicted octanol–water partition coefficient (Wildman–Crippen LogP) is -2.22. The van der Waals surface area contributed by atoms with E-state index in [1.807, 2.05) is 0 Å². The van der Waals surface area contributed by atoms with Crippen molar-refractivity contribution in [2.24, 2.45) is 0 Å². The topological polar surface area (TPSA) is 131 Å². The molecule has 1 aromatic heterocycles. The summed E-state index contributed by atoms with van der Waals surface area (Å²) in [6.45, 7) is 3.00. The van der Waals surface area contributed by atoms with Crippen LogP contribution in [0.5, 0.6) is 0 Å². The molecule has 2 heterocycles. The molecule has 0 saturated carbocycles. The summed E-state index contributed by atoms with van der Waals surface area (Å²) < 4.78 is 6.36. The lowest BCUT2D eigenvalue weighted by molar-refractivity contribution is -0.114. The fraction of sp³-hybridized carbons (Fsp3) is 0.455. The summed E-state index contributed by atoms with van der Waals surface area (Å²) >= 11 is 0. The van der Waals surface area contributed by atoms with Crippen LogP contribution in [0.2, 0.25) is 0 Å². The van der Waals surface area contributed by atoms with Crippen molar-refractivity contribution in [1.29, 1.82) is 0 Å². The smallest absolute Gasteiger partial charge is 0.352 e. The molecular weight excluding hydrogens is 254 g/mol. The maximum absolute atomic E-state index is 11.8. The van der Waals surface area contributed by atoms with Crippen LogP contribution < -0.4 is 11.4 Å². The first kappa shape index (κ1) is 13.7. The van der Waals surface area contributed by atoms with Crippen molar-refractivity contribution < 1.29 is 20.1 Å². The number of hydrogen-bond acceptors (Lipinski definition) is 7. The Labute approximate surface area is 108 Å². The van der Waals surface area contributed by atoms with E-state index in [-0.39, 0.29) is 5.82 Å². The molecule has 19 heavy (non-hydrogen) atoms. The fourth-order valence-electron chi connectivity index (χ4n) is 2.12. The summed E-state index contributed by atoms with van der Waals surface area (Å²) in [5, 5.41) is 29.0. The highest BCUT2D eigenvalue weighted by atomic mass is 16.6. The van der Waals surface area contributed by atoms with Crippen LogP contribution in [0, 0.1) is 0 Å². The summed E-state index contributed by atoms with van der Waals surface area (Å²) in [6, 6.07) is 1.35. The highest BCUT2D eigenvalue weighted by Crippen LogP contribution is 2.35. The molecule has 8 nitrogen and oxygen atoms in total. The van der Waals surface area contributed by atoms with E-state index in [0.29, 0.717) is 0 Å². The van der Waals surface area contributed by atoms with Crippen LogP contribution in [-0.2, 0) is 10.5 Å². The van der Waals surface area contributed by atoms with Gasteiger partial charge in [-0.15, -0.1) is 0 Å². The van der Waals surface area contributed by atoms with E-state index in [1.54, 1.807) is 0 Å². The molecule has 1 saturated heterocycles. The number of ether oxygens (including phenoxy) is 1. The van der Waals surface area contributed by atoms with Gasteiger partial charge in [0, 0.05) is 6.20 Å². The molecule has 2 rings (SSSR count). The largest absolute Gasteiger partial charge is 0.394 e. The summed E-state index contributed by atoms with van der Waals surface area (Å²) in [4.78, 5) is 15.4. The third-order valence-electron chi connectivity index (χ3n) is 3.14. The minimum absolute atomic E-state index is 0.0206. The molecule has 1 fully saturated rings. The molecule has 0 spiro atoms. The summed E-state index contributed by atoms with van der Waals surface area (Å²) in [7, 11) is 0. The van der Waals surface area contributed by atoms with Crippen molar-refractivity contribution in [3.8, 4) is 0 Å². The van der Waals surface area contributed by atoms with Gasteiger partial charge in [-0.25, -0.2) is 4.79 Å². The molecule has 0 amide bonds. The number of nitrogen functional groups attached to an aromatic ring is 1. The quantitative estimate of drug-likeness (QED) is 0.457. The third-order valence-corrected chi connectivity index (χ3v) is 3.14. The van der Waals surface area contributed by atoms with Gasteiger partial charge in [0.1, 0.15) is 24.1 Å². The molecule has 0 bridgehead atoms. The van der Waals surface area contributed by atoms with E-state index in [2.05, 4.69) is 11.6 Å². The first-order chi connectivity index (χ1) is 8.96.